The van der Waals surface area contributed by atoms with Gasteiger partial charge >= 0.3 is 0 Å². The summed E-state index contributed by atoms with van der Waals surface area (Å²) in [5.74, 6) is 0.203. The quantitative estimate of drug-likeness (QED) is 0.814. The fourth-order valence-corrected chi connectivity index (χ4v) is 3.08. The molecule has 6 nitrogen and oxygen atoms in total. The van der Waals surface area contributed by atoms with E-state index in [1.807, 2.05) is 18.1 Å². The van der Waals surface area contributed by atoms with Crippen molar-refractivity contribution >= 4 is 11.6 Å². The van der Waals surface area contributed by atoms with Crippen LogP contribution in [0.25, 0.3) is 0 Å². The lowest BCUT2D eigenvalue weighted by Gasteiger charge is -2.35. The summed E-state index contributed by atoms with van der Waals surface area (Å²) < 4.78 is 7.42. The van der Waals surface area contributed by atoms with Gasteiger partial charge in [0, 0.05) is 32.9 Å². The molecular formula is C14H22N4O2. The topological polar surface area (TPSA) is 50.6 Å². The highest BCUT2D eigenvalue weighted by Crippen LogP contribution is 2.25. The Morgan fingerprint density at radius 1 is 1.45 bits per heavy atom. The molecule has 1 amide bonds. The van der Waals surface area contributed by atoms with Crippen LogP contribution in [-0.4, -0.2) is 59.0 Å². The Morgan fingerprint density at radius 2 is 2.30 bits per heavy atom. The van der Waals surface area contributed by atoms with Gasteiger partial charge in [-0.2, -0.15) is 5.10 Å². The van der Waals surface area contributed by atoms with Gasteiger partial charge in [0.25, 0.3) is 0 Å². The van der Waals surface area contributed by atoms with Gasteiger partial charge in [0.15, 0.2) is 0 Å². The van der Waals surface area contributed by atoms with Crippen molar-refractivity contribution in [2.24, 2.45) is 7.05 Å². The second-order valence-corrected chi connectivity index (χ2v) is 5.56. The van der Waals surface area contributed by atoms with E-state index in [0.29, 0.717) is 0 Å². The summed E-state index contributed by atoms with van der Waals surface area (Å²) in [4.78, 5) is 16.8. The molecule has 0 aromatic carbocycles. The molecule has 0 saturated carbocycles. The van der Waals surface area contributed by atoms with Crippen molar-refractivity contribution in [1.82, 2.24) is 14.7 Å². The molecule has 2 aliphatic rings. The summed E-state index contributed by atoms with van der Waals surface area (Å²) in [6, 6.07) is 0.00755. The Hall–Kier alpha value is -1.40. The monoisotopic (exact) mass is 278 g/mol. The molecule has 2 aliphatic heterocycles. The second kappa shape index (κ2) is 5.54. The molecule has 3 rings (SSSR count). The summed E-state index contributed by atoms with van der Waals surface area (Å²) in [6.07, 6.45) is 5.82. The lowest BCUT2D eigenvalue weighted by Crippen LogP contribution is -2.50. The maximum atomic E-state index is 12.6. The van der Waals surface area contributed by atoms with E-state index in [9.17, 15) is 4.79 Å². The number of ether oxygens (including phenoxy) is 1. The van der Waals surface area contributed by atoms with Crippen molar-refractivity contribution < 1.29 is 9.53 Å². The molecule has 2 saturated heterocycles. The first-order valence-electron chi connectivity index (χ1n) is 7.34. The SMILES string of the molecule is CC[C@H]1CN([C@@H]2CCN(c3cnn(C)c3)C2=O)CCO1. The summed E-state index contributed by atoms with van der Waals surface area (Å²) in [7, 11) is 1.87. The largest absolute Gasteiger partial charge is 0.376 e. The van der Waals surface area contributed by atoms with Crippen molar-refractivity contribution in [3.05, 3.63) is 12.4 Å². The summed E-state index contributed by atoms with van der Waals surface area (Å²) in [5, 5.41) is 4.15. The number of hydrogen-bond donors (Lipinski definition) is 0. The van der Waals surface area contributed by atoms with Crippen LogP contribution in [0.4, 0.5) is 5.69 Å². The zero-order chi connectivity index (χ0) is 14.1. The molecule has 3 heterocycles. The lowest BCUT2D eigenvalue weighted by molar-refractivity contribution is -0.124. The summed E-state index contributed by atoms with van der Waals surface area (Å²) >= 11 is 0. The number of aryl methyl sites for hydroxylation is 1. The fourth-order valence-electron chi connectivity index (χ4n) is 3.08. The van der Waals surface area contributed by atoms with Crippen molar-refractivity contribution in [3.8, 4) is 0 Å². The Labute approximate surface area is 119 Å². The van der Waals surface area contributed by atoms with Gasteiger partial charge in [0.1, 0.15) is 0 Å². The number of hydrogen-bond acceptors (Lipinski definition) is 4. The highest BCUT2D eigenvalue weighted by molar-refractivity contribution is 5.99. The molecule has 0 N–H and O–H groups in total. The maximum Gasteiger partial charge on any atom is 0.244 e. The average molecular weight is 278 g/mol. The van der Waals surface area contributed by atoms with E-state index in [-0.39, 0.29) is 18.1 Å². The number of amides is 1. The number of carbonyl (C=O) groups is 1. The highest BCUT2D eigenvalue weighted by atomic mass is 16.5. The van der Waals surface area contributed by atoms with Gasteiger partial charge < -0.3 is 9.64 Å². The normalized spacial score (nSPS) is 28.3. The van der Waals surface area contributed by atoms with Crippen LogP contribution < -0.4 is 4.90 Å². The van der Waals surface area contributed by atoms with E-state index in [2.05, 4.69) is 16.9 Å². The highest BCUT2D eigenvalue weighted by Gasteiger charge is 2.38. The molecular weight excluding hydrogens is 256 g/mol. The maximum absolute atomic E-state index is 12.6. The van der Waals surface area contributed by atoms with Gasteiger partial charge in [-0.15, -0.1) is 0 Å². The molecule has 1 aromatic heterocycles. The zero-order valence-electron chi connectivity index (χ0n) is 12.2. The molecule has 2 fully saturated rings. The minimum absolute atomic E-state index is 0.00755. The number of aromatic nitrogens is 2. The smallest absolute Gasteiger partial charge is 0.244 e. The minimum Gasteiger partial charge on any atom is -0.376 e. The number of anilines is 1. The first kappa shape index (κ1) is 13.6. The van der Waals surface area contributed by atoms with Crippen molar-refractivity contribution in [2.45, 2.75) is 31.9 Å². The molecule has 1 aromatic rings. The van der Waals surface area contributed by atoms with Crippen LogP contribution in [0.15, 0.2) is 12.4 Å². The van der Waals surface area contributed by atoms with E-state index in [1.165, 1.54) is 0 Å². The number of morpholine rings is 1. The van der Waals surface area contributed by atoms with Crippen LogP contribution >= 0.6 is 0 Å². The van der Waals surface area contributed by atoms with E-state index in [0.717, 1.165) is 44.8 Å². The fraction of sp³-hybridized carbons (Fsp3) is 0.714. The first-order chi connectivity index (χ1) is 9.69. The van der Waals surface area contributed by atoms with E-state index in [4.69, 9.17) is 4.74 Å². The predicted molar refractivity (Wildman–Crippen MR) is 75.6 cm³/mol. The third kappa shape index (κ3) is 2.45. The van der Waals surface area contributed by atoms with Crippen molar-refractivity contribution in [3.63, 3.8) is 0 Å². The van der Waals surface area contributed by atoms with Crippen LogP contribution in [0.3, 0.4) is 0 Å². The molecule has 0 bridgehead atoms. The Balaban J connectivity index is 1.69. The number of nitrogens with zero attached hydrogens (tertiary/aromatic N) is 4. The van der Waals surface area contributed by atoms with Crippen LogP contribution in [0.1, 0.15) is 19.8 Å². The predicted octanol–water partition coefficient (Wildman–Crippen LogP) is 0.636. The molecule has 0 aliphatic carbocycles. The molecule has 0 radical (unpaired) electrons. The lowest BCUT2D eigenvalue weighted by atomic mass is 10.1. The van der Waals surface area contributed by atoms with Crippen LogP contribution in [-0.2, 0) is 16.6 Å². The third-order valence-corrected chi connectivity index (χ3v) is 4.25. The Bertz CT molecular complexity index is 487. The second-order valence-electron chi connectivity index (χ2n) is 5.56. The molecule has 20 heavy (non-hydrogen) atoms. The Kier molecular flexibility index (Phi) is 3.76. The van der Waals surface area contributed by atoms with E-state index >= 15 is 0 Å². The number of rotatable bonds is 3. The van der Waals surface area contributed by atoms with Crippen LogP contribution in [0.5, 0.6) is 0 Å². The molecule has 110 valence electrons. The zero-order valence-corrected chi connectivity index (χ0v) is 12.2. The van der Waals surface area contributed by atoms with Crippen LogP contribution in [0.2, 0.25) is 0 Å². The minimum atomic E-state index is 0.00755. The average Bonchev–Trinajstić information content (AvgIpc) is 3.05. The van der Waals surface area contributed by atoms with Gasteiger partial charge in [0.2, 0.25) is 5.91 Å². The Morgan fingerprint density at radius 3 is 3.00 bits per heavy atom. The molecule has 0 unspecified atom stereocenters. The first-order valence-corrected chi connectivity index (χ1v) is 7.34. The summed E-state index contributed by atoms with van der Waals surface area (Å²) in [6.45, 7) is 5.37. The standard InChI is InChI=1S/C14H22N4O2/c1-3-12-10-17(6-7-20-12)13-4-5-18(14(13)19)11-8-15-16(2)9-11/h8-9,12-13H,3-7,10H2,1-2H3/t12-,13+/m0/s1. The van der Waals surface area contributed by atoms with Gasteiger partial charge in [-0.05, 0) is 12.8 Å². The van der Waals surface area contributed by atoms with Crippen molar-refractivity contribution in [2.75, 3.05) is 31.1 Å². The summed E-state index contributed by atoms with van der Waals surface area (Å²) in [5.41, 5.74) is 0.903. The van der Waals surface area contributed by atoms with Crippen molar-refractivity contribution in [1.29, 1.82) is 0 Å². The van der Waals surface area contributed by atoms with Gasteiger partial charge in [-0.25, -0.2) is 0 Å². The van der Waals surface area contributed by atoms with Gasteiger partial charge in [-0.1, -0.05) is 6.92 Å². The van der Waals surface area contributed by atoms with Crippen LogP contribution in [0, 0.1) is 0 Å². The molecule has 0 spiro atoms. The van der Waals surface area contributed by atoms with Gasteiger partial charge in [0.05, 0.1) is 30.6 Å². The van der Waals surface area contributed by atoms with E-state index in [1.54, 1.807) is 10.9 Å². The third-order valence-electron chi connectivity index (χ3n) is 4.25. The van der Waals surface area contributed by atoms with E-state index < -0.39 is 0 Å². The number of carbonyl (C=O) groups excluding carboxylic acids is 1. The van der Waals surface area contributed by atoms with Gasteiger partial charge in [-0.3, -0.25) is 14.4 Å². The molecule has 2 atom stereocenters. The molecule has 6 heteroatoms.